The number of hydrogen-bond donors (Lipinski definition) is 1. The minimum absolute atomic E-state index is 0.0382. The zero-order chi connectivity index (χ0) is 14.6. The first-order valence-corrected chi connectivity index (χ1v) is 8.42. The number of aliphatic hydroxyl groups is 1. The summed E-state index contributed by atoms with van der Waals surface area (Å²) in [7, 11) is -3.46. The second kappa shape index (κ2) is 6.67. The molecule has 0 bridgehead atoms. The second-order valence-electron chi connectivity index (χ2n) is 5.56. The molecule has 112 valence electrons. The van der Waals surface area contributed by atoms with E-state index in [0.717, 1.165) is 17.0 Å². The van der Waals surface area contributed by atoms with Crippen LogP contribution < -0.4 is 0 Å². The Morgan fingerprint density at radius 2 is 1.84 bits per heavy atom. The number of rotatable bonds is 5. The molecule has 1 heterocycles. The standard InChI is InChI=1S/C12H24N2O4S/c1-10-6-11(2)8-13(7-10)12(16)9-14(4-5-15)19(3,17)18/h10-11,15H,4-9H2,1-3H3. The fourth-order valence-corrected chi connectivity index (χ4v) is 3.35. The molecular formula is C12H24N2O4S. The summed E-state index contributed by atoms with van der Waals surface area (Å²) in [6.07, 6.45) is 2.15. The molecule has 1 fully saturated rings. The van der Waals surface area contributed by atoms with Gasteiger partial charge in [0.2, 0.25) is 15.9 Å². The van der Waals surface area contributed by atoms with Gasteiger partial charge in [-0.25, -0.2) is 8.42 Å². The molecule has 2 atom stereocenters. The molecule has 1 saturated heterocycles. The van der Waals surface area contributed by atoms with Crippen LogP contribution in [0.4, 0.5) is 0 Å². The van der Waals surface area contributed by atoms with Crippen LogP contribution >= 0.6 is 0 Å². The molecule has 1 aliphatic heterocycles. The predicted octanol–water partition coefficient (Wildman–Crippen LogP) is -0.255. The fraction of sp³-hybridized carbons (Fsp3) is 0.917. The van der Waals surface area contributed by atoms with Crippen LogP contribution in [0.1, 0.15) is 20.3 Å². The fourth-order valence-electron chi connectivity index (χ4n) is 2.59. The van der Waals surface area contributed by atoms with Crippen LogP contribution in [-0.2, 0) is 14.8 Å². The van der Waals surface area contributed by atoms with Crippen molar-refractivity contribution in [2.75, 3.05) is 39.0 Å². The summed E-state index contributed by atoms with van der Waals surface area (Å²) in [6, 6.07) is 0. The van der Waals surface area contributed by atoms with Gasteiger partial charge in [0.05, 0.1) is 19.4 Å². The topological polar surface area (TPSA) is 77.9 Å². The van der Waals surface area contributed by atoms with E-state index >= 15 is 0 Å². The van der Waals surface area contributed by atoms with E-state index in [1.807, 2.05) is 0 Å². The number of carbonyl (C=O) groups excluding carboxylic acids is 1. The van der Waals surface area contributed by atoms with Crippen molar-refractivity contribution in [1.29, 1.82) is 0 Å². The van der Waals surface area contributed by atoms with Gasteiger partial charge in [-0.1, -0.05) is 13.8 Å². The third-order valence-corrected chi connectivity index (χ3v) is 4.60. The van der Waals surface area contributed by atoms with Crippen molar-refractivity contribution < 1.29 is 18.3 Å². The molecule has 1 N–H and O–H groups in total. The van der Waals surface area contributed by atoms with Crippen molar-refractivity contribution >= 4 is 15.9 Å². The lowest BCUT2D eigenvalue weighted by molar-refractivity contribution is -0.134. The highest BCUT2D eigenvalue weighted by Gasteiger charge is 2.28. The first-order valence-electron chi connectivity index (χ1n) is 6.57. The van der Waals surface area contributed by atoms with Gasteiger partial charge in [-0.15, -0.1) is 0 Å². The van der Waals surface area contributed by atoms with Gasteiger partial charge < -0.3 is 10.0 Å². The molecule has 0 radical (unpaired) electrons. The maximum absolute atomic E-state index is 12.2. The lowest BCUT2D eigenvalue weighted by atomic mass is 9.92. The van der Waals surface area contributed by atoms with E-state index in [4.69, 9.17) is 5.11 Å². The molecule has 1 amide bonds. The number of piperidine rings is 1. The van der Waals surface area contributed by atoms with Gasteiger partial charge in [0.25, 0.3) is 0 Å². The van der Waals surface area contributed by atoms with Gasteiger partial charge in [-0.3, -0.25) is 4.79 Å². The largest absolute Gasteiger partial charge is 0.395 e. The minimum Gasteiger partial charge on any atom is -0.395 e. The average molecular weight is 292 g/mol. The molecule has 6 nitrogen and oxygen atoms in total. The summed E-state index contributed by atoms with van der Waals surface area (Å²) in [6.45, 7) is 5.05. The van der Waals surface area contributed by atoms with E-state index < -0.39 is 10.0 Å². The lowest BCUT2D eigenvalue weighted by Crippen LogP contribution is -2.48. The third kappa shape index (κ3) is 5.08. The number of carbonyl (C=O) groups is 1. The Morgan fingerprint density at radius 3 is 2.26 bits per heavy atom. The maximum atomic E-state index is 12.2. The summed E-state index contributed by atoms with van der Waals surface area (Å²) < 4.78 is 24.1. The molecule has 0 aromatic heterocycles. The predicted molar refractivity (Wildman–Crippen MR) is 73.0 cm³/mol. The van der Waals surface area contributed by atoms with Crippen molar-refractivity contribution in [1.82, 2.24) is 9.21 Å². The van der Waals surface area contributed by atoms with Gasteiger partial charge in [0.1, 0.15) is 0 Å². The highest BCUT2D eigenvalue weighted by molar-refractivity contribution is 7.88. The molecule has 19 heavy (non-hydrogen) atoms. The Balaban J connectivity index is 2.66. The summed E-state index contributed by atoms with van der Waals surface area (Å²) in [5.41, 5.74) is 0. The molecule has 1 rings (SSSR count). The highest BCUT2D eigenvalue weighted by Crippen LogP contribution is 2.21. The van der Waals surface area contributed by atoms with E-state index in [-0.39, 0.29) is 25.6 Å². The van der Waals surface area contributed by atoms with Gasteiger partial charge in [0, 0.05) is 19.6 Å². The quantitative estimate of drug-likeness (QED) is 0.757. The Morgan fingerprint density at radius 1 is 1.32 bits per heavy atom. The number of hydrogen-bond acceptors (Lipinski definition) is 4. The normalized spacial score (nSPS) is 24.8. The van der Waals surface area contributed by atoms with Crippen LogP contribution in [0.3, 0.4) is 0 Å². The zero-order valence-corrected chi connectivity index (χ0v) is 12.7. The Bertz CT molecular complexity index is 400. The average Bonchev–Trinajstić information content (AvgIpc) is 2.25. The number of amides is 1. The molecule has 0 aromatic rings. The van der Waals surface area contributed by atoms with Crippen molar-refractivity contribution in [2.45, 2.75) is 20.3 Å². The van der Waals surface area contributed by atoms with Gasteiger partial charge in [0.15, 0.2) is 0 Å². The first-order chi connectivity index (χ1) is 8.74. The Hall–Kier alpha value is -0.660. The molecule has 0 saturated carbocycles. The molecule has 7 heteroatoms. The smallest absolute Gasteiger partial charge is 0.237 e. The van der Waals surface area contributed by atoms with E-state index in [2.05, 4.69) is 13.8 Å². The van der Waals surface area contributed by atoms with Crippen molar-refractivity contribution in [3.05, 3.63) is 0 Å². The molecule has 0 aromatic carbocycles. The zero-order valence-electron chi connectivity index (χ0n) is 11.9. The monoisotopic (exact) mass is 292 g/mol. The summed E-state index contributed by atoms with van der Waals surface area (Å²) in [5, 5.41) is 8.88. The summed E-state index contributed by atoms with van der Waals surface area (Å²) in [5.74, 6) is 0.701. The van der Waals surface area contributed by atoms with E-state index in [9.17, 15) is 13.2 Å². The van der Waals surface area contributed by atoms with E-state index in [1.165, 1.54) is 0 Å². The summed E-state index contributed by atoms with van der Waals surface area (Å²) >= 11 is 0. The molecule has 0 spiro atoms. The van der Waals surface area contributed by atoms with Crippen LogP contribution in [-0.4, -0.2) is 67.7 Å². The van der Waals surface area contributed by atoms with Gasteiger partial charge in [-0.2, -0.15) is 4.31 Å². The maximum Gasteiger partial charge on any atom is 0.237 e. The highest BCUT2D eigenvalue weighted by atomic mass is 32.2. The van der Waals surface area contributed by atoms with E-state index in [0.29, 0.717) is 24.9 Å². The summed E-state index contributed by atoms with van der Waals surface area (Å²) in [4.78, 5) is 13.9. The SMILES string of the molecule is CC1CC(C)CN(C(=O)CN(CCO)S(C)(=O)=O)C1. The third-order valence-electron chi connectivity index (χ3n) is 3.35. The van der Waals surface area contributed by atoms with Crippen molar-refractivity contribution in [3.63, 3.8) is 0 Å². The van der Waals surface area contributed by atoms with Crippen LogP contribution in [0.15, 0.2) is 0 Å². The second-order valence-corrected chi connectivity index (χ2v) is 7.55. The lowest BCUT2D eigenvalue weighted by Gasteiger charge is -2.36. The molecule has 1 aliphatic rings. The first kappa shape index (κ1) is 16.4. The van der Waals surface area contributed by atoms with Crippen LogP contribution in [0.25, 0.3) is 0 Å². The van der Waals surface area contributed by atoms with Crippen molar-refractivity contribution in [3.8, 4) is 0 Å². The van der Waals surface area contributed by atoms with Crippen LogP contribution in [0, 0.1) is 11.8 Å². The molecule has 2 unspecified atom stereocenters. The van der Waals surface area contributed by atoms with Gasteiger partial charge >= 0.3 is 0 Å². The Kier molecular flexibility index (Phi) is 5.76. The van der Waals surface area contributed by atoms with Crippen molar-refractivity contribution in [2.24, 2.45) is 11.8 Å². The Labute approximate surface area is 115 Å². The molecule has 0 aliphatic carbocycles. The number of sulfonamides is 1. The number of aliphatic hydroxyl groups excluding tert-OH is 1. The minimum atomic E-state index is -3.46. The van der Waals surface area contributed by atoms with Crippen LogP contribution in [0.2, 0.25) is 0 Å². The number of likely N-dealkylation sites (tertiary alicyclic amines) is 1. The number of nitrogens with zero attached hydrogens (tertiary/aromatic N) is 2. The molecular weight excluding hydrogens is 268 g/mol. The van der Waals surface area contributed by atoms with Gasteiger partial charge in [-0.05, 0) is 18.3 Å². The van der Waals surface area contributed by atoms with Crippen LogP contribution in [0.5, 0.6) is 0 Å². The van der Waals surface area contributed by atoms with E-state index in [1.54, 1.807) is 4.90 Å².